The summed E-state index contributed by atoms with van der Waals surface area (Å²) >= 11 is 0. The minimum atomic E-state index is 0. The average molecular weight is 541 g/mol. The normalized spacial score (nSPS) is 14.5. The van der Waals surface area contributed by atoms with Crippen LogP contribution in [-0.2, 0) is 13.0 Å². The number of methoxy groups -OCH3 is 1. The van der Waals surface area contributed by atoms with Gasteiger partial charge in [0.1, 0.15) is 17.9 Å². The quantitative estimate of drug-likeness (QED) is 0.315. The summed E-state index contributed by atoms with van der Waals surface area (Å²) in [4.78, 5) is 9.67. The molecule has 1 saturated heterocycles. The molecule has 0 radical (unpaired) electrons. The Morgan fingerprint density at radius 2 is 1.87 bits per heavy atom. The molecule has 8 nitrogen and oxygen atoms in total. The second-order valence-electron chi connectivity index (χ2n) is 7.95. The van der Waals surface area contributed by atoms with Crippen molar-refractivity contribution in [3.05, 3.63) is 36.4 Å². The highest BCUT2D eigenvalue weighted by molar-refractivity contribution is 14.0. The molecule has 1 aliphatic rings. The van der Waals surface area contributed by atoms with Crippen LogP contribution >= 0.6 is 24.0 Å². The SMILES string of the molecule is CCc1nncn1CCNC(=NCC(C)C)N1CCN(c2ccc(OC)cc2)CC1.I. The Balaban J connectivity index is 0.00000341. The van der Waals surface area contributed by atoms with Crippen LogP contribution in [0.2, 0.25) is 0 Å². The van der Waals surface area contributed by atoms with E-state index in [1.165, 1.54) is 5.69 Å². The third-order valence-corrected chi connectivity index (χ3v) is 5.27. The summed E-state index contributed by atoms with van der Waals surface area (Å²) in [5, 5.41) is 11.7. The van der Waals surface area contributed by atoms with Crippen molar-refractivity contribution in [2.45, 2.75) is 33.7 Å². The van der Waals surface area contributed by atoms with Crippen LogP contribution < -0.4 is 15.0 Å². The van der Waals surface area contributed by atoms with Crippen molar-refractivity contribution in [1.29, 1.82) is 0 Å². The molecule has 0 aliphatic carbocycles. The number of guanidine groups is 1. The fourth-order valence-corrected chi connectivity index (χ4v) is 3.53. The second-order valence-corrected chi connectivity index (χ2v) is 7.95. The lowest BCUT2D eigenvalue weighted by Crippen LogP contribution is -2.53. The first-order valence-electron chi connectivity index (χ1n) is 10.9. The van der Waals surface area contributed by atoms with Gasteiger partial charge < -0.3 is 24.4 Å². The molecule has 2 aromatic rings. The van der Waals surface area contributed by atoms with Gasteiger partial charge in [0.2, 0.25) is 0 Å². The minimum Gasteiger partial charge on any atom is -0.497 e. The molecule has 2 heterocycles. The van der Waals surface area contributed by atoms with Gasteiger partial charge in [0.25, 0.3) is 0 Å². The molecule has 1 aliphatic heterocycles. The zero-order valence-corrected chi connectivity index (χ0v) is 21.5. The Bertz CT molecular complexity index is 798. The number of piperazine rings is 1. The van der Waals surface area contributed by atoms with Crippen LogP contribution in [0, 0.1) is 5.92 Å². The maximum atomic E-state index is 5.27. The van der Waals surface area contributed by atoms with Gasteiger partial charge in [-0.05, 0) is 30.2 Å². The van der Waals surface area contributed by atoms with E-state index in [1.807, 2.05) is 12.1 Å². The van der Waals surface area contributed by atoms with Crippen LogP contribution in [0.15, 0.2) is 35.6 Å². The third-order valence-electron chi connectivity index (χ3n) is 5.27. The molecule has 1 fully saturated rings. The van der Waals surface area contributed by atoms with E-state index in [4.69, 9.17) is 9.73 Å². The number of aryl methyl sites for hydroxylation is 1. The molecule has 172 valence electrons. The number of hydrogen-bond donors (Lipinski definition) is 1. The lowest BCUT2D eigenvalue weighted by molar-refractivity contribution is 0.369. The van der Waals surface area contributed by atoms with Gasteiger partial charge in [-0.1, -0.05) is 20.8 Å². The van der Waals surface area contributed by atoms with Gasteiger partial charge in [-0.3, -0.25) is 4.99 Å². The molecular formula is C22H36IN7O. The Labute approximate surface area is 203 Å². The van der Waals surface area contributed by atoms with E-state index in [1.54, 1.807) is 13.4 Å². The highest BCUT2D eigenvalue weighted by Crippen LogP contribution is 2.20. The predicted octanol–water partition coefficient (Wildman–Crippen LogP) is 2.89. The number of nitrogens with zero attached hydrogens (tertiary/aromatic N) is 6. The number of aromatic nitrogens is 3. The van der Waals surface area contributed by atoms with Gasteiger partial charge in [0, 0.05) is 57.9 Å². The number of ether oxygens (including phenoxy) is 1. The smallest absolute Gasteiger partial charge is 0.194 e. The number of nitrogens with one attached hydrogen (secondary N) is 1. The molecule has 0 amide bonds. The summed E-state index contributed by atoms with van der Waals surface area (Å²) in [6.07, 6.45) is 2.70. The molecule has 0 saturated carbocycles. The van der Waals surface area contributed by atoms with Crippen LogP contribution in [0.3, 0.4) is 0 Å². The molecule has 0 bridgehead atoms. The Morgan fingerprint density at radius 3 is 2.48 bits per heavy atom. The lowest BCUT2D eigenvalue weighted by Gasteiger charge is -2.38. The van der Waals surface area contributed by atoms with Crippen LogP contribution in [0.25, 0.3) is 0 Å². The van der Waals surface area contributed by atoms with E-state index in [0.29, 0.717) is 5.92 Å². The van der Waals surface area contributed by atoms with Crippen LogP contribution in [0.1, 0.15) is 26.6 Å². The van der Waals surface area contributed by atoms with Crippen LogP contribution in [-0.4, -0.2) is 72.0 Å². The molecule has 3 rings (SSSR count). The molecule has 31 heavy (non-hydrogen) atoms. The first kappa shape index (κ1) is 25.2. The van der Waals surface area contributed by atoms with Crippen molar-refractivity contribution in [3.8, 4) is 5.75 Å². The first-order valence-corrected chi connectivity index (χ1v) is 10.9. The van der Waals surface area contributed by atoms with Crippen molar-refractivity contribution < 1.29 is 4.74 Å². The van der Waals surface area contributed by atoms with Crippen molar-refractivity contribution in [2.24, 2.45) is 10.9 Å². The van der Waals surface area contributed by atoms with Gasteiger partial charge in [0.05, 0.1) is 7.11 Å². The number of aliphatic imine (C=N–C) groups is 1. The number of hydrogen-bond acceptors (Lipinski definition) is 5. The summed E-state index contributed by atoms with van der Waals surface area (Å²) in [5.74, 6) is 3.45. The van der Waals surface area contributed by atoms with Gasteiger partial charge >= 0.3 is 0 Å². The zero-order chi connectivity index (χ0) is 21.3. The molecule has 1 aromatic carbocycles. The minimum absolute atomic E-state index is 0. The van der Waals surface area contributed by atoms with E-state index < -0.39 is 0 Å². The lowest BCUT2D eigenvalue weighted by atomic mass is 10.2. The molecule has 0 unspecified atom stereocenters. The molecule has 0 spiro atoms. The predicted molar refractivity (Wildman–Crippen MR) is 137 cm³/mol. The van der Waals surface area contributed by atoms with Crippen molar-refractivity contribution in [3.63, 3.8) is 0 Å². The van der Waals surface area contributed by atoms with Crippen molar-refractivity contribution >= 4 is 35.6 Å². The van der Waals surface area contributed by atoms with E-state index in [9.17, 15) is 0 Å². The Kier molecular flexibility index (Phi) is 10.4. The van der Waals surface area contributed by atoms with Gasteiger partial charge in [-0.15, -0.1) is 34.2 Å². The number of halogens is 1. The maximum Gasteiger partial charge on any atom is 0.194 e. The highest BCUT2D eigenvalue weighted by atomic mass is 127. The summed E-state index contributed by atoms with van der Waals surface area (Å²) in [6, 6.07) is 8.30. The fourth-order valence-electron chi connectivity index (χ4n) is 3.53. The monoisotopic (exact) mass is 541 g/mol. The van der Waals surface area contributed by atoms with Gasteiger partial charge in [-0.25, -0.2) is 0 Å². The average Bonchev–Trinajstić information content (AvgIpc) is 3.23. The molecule has 1 N–H and O–H groups in total. The standard InChI is InChI=1S/C22H35N7O.HI/c1-5-21-26-25-17-29(21)11-10-23-22(24-16-18(2)3)28-14-12-27(13-15-28)19-6-8-20(30-4)9-7-19;/h6-9,17-18H,5,10-16H2,1-4H3,(H,23,24);1H. The fraction of sp³-hybridized carbons (Fsp3) is 0.591. The Morgan fingerprint density at radius 1 is 1.16 bits per heavy atom. The van der Waals surface area contributed by atoms with Crippen molar-refractivity contribution in [2.75, 3.05) is 51.3 Å². The number of anilines is 1. The summed E-state index contributed by atoms with van der Waals surface area (Å²) in [7, 11) is 1.70. The van der Waals surface area contributed by atoms with Gasteiger partial charge in [0.15, 0.2) is 5.96 Å². The maximum absolute atomic E-state index is 5.27. The van der Waals surface area contributed by atoms with Crippen molar-refractivity contribution in [1.82, 2.24) is 25.0 Å². The Hall–Kier alpha value is -2.04. The zero-order valence-electron chi connectivity index (χ0n) is 19.1. The van der Waals surface area contributed by atoms with Gasteiger partial charge in [-0.2, -0.15) is 0 Å². The third kappa shape index (κ3) is 7.26. The van der Waals surface area contributed by atoms with Crippen LogP contribution in [0.5, 0.6) is 5.75 Å². The summed E-state index contributed by atoms with van der Waals surface area (Å²) < 4.78 is 7.38. The molecular weight excluding hydrogens is 505 g/mol. The number of benzene rings is 1. The molecule has 9 heteroatoms. The van der Waals surface area contributed by atoms with E-state index in [2.05, 4.69) is 62.8 Å². The van der Waals surface area contributed by atoms with E-state index >= 15 is 0 Å². The summed E-state index contributed by atoms with van der Waals surface area (Å²) in [6.45, 7) is 12.8. The summed E-state index contributed by atoms with van der Waals surface area (Å²) in [5.41, 5.74) is 1.24. The van der Waals surface area contributed by atoms with E-state index in [0.717, 1.165) is 69.8 Å². The number of rotatable bonds is 8. The molecule has 0 atom stereocenters. The van der Waals surface area contributed by atoms with E-state index in [-0.39, 0.29) is 24.0 Å². The first-order chi connectivity index (χ1) is 14.6. The topological polar surface area (TPSA) is 70.8 Å². The largest absolute Gasteiger partial charge is 0.497 e. The second kappa shape index (κ2) is 12.7. The highest BCUT2D eigenvalue weighted by Gasteiger charge is 2.20. The molecule has 1 aromatic heterocycles. The van der Waals surface area contributed by atoms with Crippen LogP contribution in [0.4, 0.5) is 5.69 Å².